The van der Waals surface area contributed by atoms with E-state index in [9.17, 15) is 4.79 Å². The fraction of sp³-hybridized carbons (Fsp3) is 0.333. The van der Waals surface area contributed by atoms with Crippen LogP contribution in [-0.4, -0.2) is 12.5 Å². The molecule has 0 aliphatic rings. The molecule has 0 aromatic heterocycles. The minimum atomic E-state index is -0.108. The Balaban J connectivity index is 2.65. The Morgan fingerprint density at radius 2 is 2.20 bits per heavy atom. The zero-order valence-corrected chi connectivity index (χ0v) is 9.00. The molecular weight excluding hydrogens is 188 g/mol. The van der Waals surface area contributed by atoms with Crippen LogP contribution in [0.15, 0.2) is 18.2 Å². The molecule has 1 aromatic rings. The molecule has 0 spiro atoms. The third-order valence-corrected chi connectivity index (χ3v) is 2.21. The van der Waals surface area contributed by atoms with Crippen LogP contribution in [0.5, 0.6) is 0 Å². The van der Waals surface area contributed by atoms with Gasteiger partial charge in [0.1, 0.15) is 6.54 Å². The number of nitrogens with zero attached hydrogens (tertiary/aromatic N) is 1. The maximum absolute atomic E-state index is 11.3. The Morgan fingerprint density at radius 1 is 1.47 bits per heavy atom. The smallest absolute Gasteiger partial charge is 0.225 e. The maximum atomic E-state index is 11.3. The molecule has 78 valence electrons. The van der Waals surface area contributed by atoms with E-state index in [1.54, 1.807) is 0 Å². The zero-order valence-electron chi connectivity index (χ0n) is 9.00. The Hall–Kier alpha value is -1.82. The predicted octanol–water partition coefficient (Wildman–Crippen LogP) is 1.49. The summed E-state index contributed by atoms with van der Waals surface area (Å²) in [4.78, 5) is 11.3. The lowest BCUT2D eigenvalue weighted by atomic mass is 10.0. The van der Waals surface area contributed by atoms with Crippen LogP contribution in [0.25, 0.3) is 0 Å². The molecule has 0 fully saturated rings. The van der Waals surface area contributed by atoms with E-state index in [1.165, 1.54) is 5.56 Å². The topological polar surface area (TPSA) is 52.9 Å². The summed E-state index contributed by atoms with van der Waals surface area (Å²) in [5.41, 5.74) is 3.31. The predicted molar refractivity (Wildman–Crippen MR) is 58.2 cm³/mol. The quantitative estimate of drug-likeness (QED) is 0.755. The molecule has 0 aliphatic carbocycles. The molecule has 1 N–H and O–H groups in total. The molecule has 0 saturated heterocycles. The summed E-state index contributed by atoms with van der Waals surface area (Å²) in [7, 11) is 0. The lowest BCUT2D eigenvalue weighted by Gasteiger charge is -2.06. The second-order valence-corrected chi connectivity index (χ2v) is 3.54. The van der Waals surface area contributed by atoms with Crippen molar-refractivity contribution in [1.82, 2.24) is 5.32 Å². The second-order valence-electron chi connectivity index (χ2n) is 3.54. The van der Waals surface area contributed by atoms with Crippen LogP contribution in [0.3, 0.4) is 0 Å². The summed E-state index contributed by atoms with van der Waals surface area (Å²) >= 11 is 0. The van der Waals surface area contributed by atoms with Crippen LogP contribution in [0, 0.1) is 25.2 Å². The van der Waals surface area contributed by atoms with Gasteiger partial charge < -0.3 is 5.32 Å². The lowest BCUT2D eigenvalue weighted by molar-refractivity contribution is -0.120. The molecule has 1 rings (SSSR count). The Labute approximate surface area is 89.7 Å². The average molecular weight is 202 g/mol. The Kier molecular flexibility index (Phi) is 3.87. The summed E-state index contributed by atoms with van der Waals surface area (Å²) in [5.74, 6) is -0.108. The molecule has 1 aromatic carbocycles. The van der Waals surface area contributed by atoms with Gasteiger partial charge in [-0.05, 0) is 25.0 Å². The SMILES string of the molecule is Cc1ccc(CC(=O)NCC#N)c(C)c1. The Morgan fingerprint density at radius 3 is 2.80 bits per heavy atom. The monoisotopic (exact) mass is 202 g/mol. The van der Waals surface area contributed by atoms with E-state index in [2.05, 4.69) is 5.32 Å². The van der Waals surface area contributed by atoms with E-state index >= 15 is 0 Å². The van der Waals surface area contributed by atoms with Gasteiger partial charge in [-0.3, -0.25) is 4.79 Å². The fourth-order valence-electron chi connectivity index (χ4n) is 1.42. The van der Waals surface area contributed by atoms with Crippen LogP contribution in [0.2, 0.25) is 0 Å². The normalized spacial score (nSPS) is 9.40. The number of nitrogens with one attached hydrogen (secondary N) is 1. The first kappa shape index (κ1) is 11.3. The number of benzene rings is 1. The van der Waals surface area contributed by atoms with Crippen LogP contribution >= 0.6 is 0 Å². The molecule has 0 heterocycles. The van der Waals surface area contributed by atoms with Gasteiger partial charge in [0.15, 0.2) is 0 Å². The van der Waals surface area contributed by atoms with Crippen molar-refractivity contribution in [3.8, 4) is 6.07 Å². The summed E-state index contributed by atoms with van der Waals surface area (Å²) < 4.78 is 0. The van der Waals surface area contributed by atoms with Crippen LogP contribution in [0.4, 0.5) is 0 Å². The highest BCUT2D eigenvalue weighted by molar-refractivity contribution is 5.79. The number of amides is 1. The zero-order chi connectivity index (χ0) is 11.3. The van der Waals surface area contributed by atoms with Gasteiger partial charge in [-0.25, -0.2) is 0 Å². The highest BCUT2D eigenvalue weighted by atomic mass is 16.1. The van der Waals surface area contributed by atoms with Crippen LogP contribution in [-0.2, 0) is 11.2 Å². The van der Waals surface area contributed by atoms with Crippen molar-refractivity contribution >= 4 is 5.91 Å². The van der Waals surface area contributed by atoms with Crippen molar-refractivity contribution in [2.45, 2.75) is 20.3 Å². The van der Waals surface area contributed by atoms with Crippen molar-refractivity contribution in [3.05, 3.63) is 34.9 Å². The van der Waals surface area contributed by atoms with E-state index in [1.807, 2.05) is 38.1 Å². The molecular formula is C12H14N2O. The highest BCUT2D eigenvalue weighted by Gasteiger charge is 2.04. The van der Waals surface area contributed by atoms with Gasteiger partial charge in [-0.15, -0.1) is 0 Å². The first-order valence-electron chi connectivity index (χ1n) is 4.83. The van der Waals surface area contributed by atoms with E-state index in [4.69, 9.17) is 5.26 Å². The van der Waals surface area contributed by atoms with Crippen molar-refractivity contribution in [1.29, 1.82) is 5.26 Å². The average Bonchev–Trinajstić information content (AvgIpc) is 2.19. The van der Waals surface area contributed by atoms with Crippen molar-refractivity contribution in [3.63, 3.8) is 0 Å². The molecule has 15 heavy (non-hydrogen) atoms. The Bertz CT molecular complexity index is 405. The van der Waals surface area contributed by atoms with Gasteiger partial charge in [-0.1, -0.05) is 23.8 Å². The number of carbonyl (C=O) groups excluding carboxylic acids is 1. The van der Waals surface area contributed by atoms with Crippen LogP contribution < -0.4 is 5.32 Å². The largest absolute Gasteiger partial charge is 0.343 e. The van der Waals surface area contributed by atoms with E-state index < -0.39 is 0 Å². The summed E-state index contributed by atoms with van der Waals surface area (Å²) in [6.07, 6.45) is 0.341. The summed E-state index contributed by atoms with van der Waals surface area (Å²) in [6, 6.07) is 7.87. The molecule has 0 aliphatic heterocycles. The number of hydrogen-bond donors (Lipinski definition) is 1. The van der Waals surface area contributed by atoms with Crippen molar-refractivity contribution in [2.75, 3.05) is 6.54 Å². The van der Waals surface area contributed by atoms with Gasteiger partial charge >= 0.3 is 0 Å². The number of nitriles is 1. The van der Waals surface area contributed by atoms with Gasteiger partial charge in [0.2, 0.25) is 5.91 Å². The molecule has 3 heteroatoms. The number of carbonyl (C=O) groups is 1. The van der Waals surface area contributed by atoms with Crippen LogP contribution in [0.1, 0.15) is 16.7 Å². The molecule has 1 amide bonds. The minimum Gasteiger partial charge on any atom is -0.343 e. The third-order valence-electron chi connectivity index (χ3n) is 2.21. The lowest BCUT2D eigenvalue weighted by Crippen LogP contribution is -2.25. The summed E-state index contributed by atoms with van der Waals surface area (Å²) in [6.45, 7) is 4.08. The van der Waals surface area contributed by atoms with Crippen molar-refractivity contribution in [2.24, 2.45) is 0 Å². The molecule has 0 bridgehead atoms. The van der Waals surface area contributed by atoms with E-state index in [0.717, 1.165) is 11.1 Å². The van der Waals surface area contributed by atoms with E-state index in [0.29, 0.717) is 6.42 Å². The molecule has 0 radical (unpaired) electrons. The van der Waals surface area contributed by atoms with Gasteiger partial charge in [0, 0.05) is 0 Å². The van der Waals surface area contributed by atoms with Gasteiger partial charge in [0.05, 0.1) is 12.5 Å². The second kappa shape index (κ2) is 5.16. The first-order chi connectivity index (χ1) is 7.13. The van der Waals surface area contributed by atoms with Gasteiger partial charge in [0.25, 0.3) is 0 Å². The molecule has 0 saturated carbocycles. The number of rotatable bonds is 3. The minimum absolute atomic E-state index is 0.0732. The third kappa shape index (κ3) is 3.43. The fourth-order valence-corrected chi connectivity index (χ4v) is 1.42. The number of hydrogen-bond acceptors (Lipinski definition) is 2. The first-order valence-corrected chi connectivity index (χ1v) is 4.83. The highest BCUT2D eigenvalue weighted by Crippen LogP contribution is 2.10. The van der Waals surface area contributed by atoms with Crippen molar-refractivity contribution < 1.29 is 4.79 Å². The number of aryl methyl sites for hydroxylation is 2. The standard InChI is InChI=1S/C12H14N2O/c1-9-3-4-11(10(2)7-9)8-12(15)14-6-5-13/h3-4,7H,6,8H2,1-2H3,(H,14,15). The maximum Gasteiger partial charge on any atom is 0.225 e. The molecule has 0 atom stereocenters. The molecule has 0 unspecified atom stereocenters. The molecule has 3 nitrogen and oxygen atoms in total. The van der Waals surface area contributed by atoms with Gasteiger partial charge in [-0.2, -0.15) is 5.26 Å². The summed E-state index contributed by atoms with van der Waals surface area (Å²) in [5, 5.41) is 10.8. The van der Waals surface area contributed by atoms with E-state index in [-0.39, 0.29) is 12.5 Å².